The van der Waals surface area contributed by atoms with E-state index in [9.17, 15) is 14.8 Å². The number of nitrogens with two attached hydrogens (primary N) is 1. The lowest BCUT2D eigenvalue weighted by Crippen LogP contribution is -2.38. The Labute approximate surface area is 170 Å². The van der Waals surface area contributed by atoms with E-state index >= 15 is 0 Å². The Morgan fingerprint density at radius 2 is 1.93 bits per heavy atom. The summed E-state index contributed by atoms with van der Waals surface area (Å²) in [7, 11) is -1.54. The first-order chi connectivity index (χ1) is 14.1. The Morgan fingerprint density at radius 3 is 2.66 bits per heavy atom. The molecule has 1 fully saturated rings. The summed E-state index contributed by atoms with van der Waals surface area (Å²) in [5, 5.41) is 20.2. The topological polar surface area (TPSA) is 99.7 Å². The van der Waals surface area contributed by atoms with Gasteiger partial charge in [-0.15, -0.1) is 0 Å². The van der Waals surface area contributed by atoms with Crippen molar-refractivity contribution < 1.29 is 14.8 Å². The highest BCUT2D eigenvalue weighted by molar-refractivity contribution is 6.58. The van der Waals surface area contributed by atoms with E-state index in [2.05, 4.69) is 17.1 Å². The van der Waals surface area contributed by atoms with E-state index in [1.54, 1.807) is 30.5 Å². The average Bonchev–Trinajstić information content (AvgIpc) is 2.78. The molecular weight excluding hydrogens is 365 g/mol. The maximum Gasteiger partial charge on any atom is 0.488 e. The van der Waals surface area contributed by atoms with Crippen LogP contribution < -0.4 is 11.2 Å². The summed E-state index contributed by atoms with van der Waals surface area (Å²) in [6.45, 7) is 1.90. The molecule has 0 aliphatic carbocycles. The highest BCUT2D eigenvalue weighted by Crippen LogP contribution is 2.29. The molecule has 1 saturated heterocycles. The molecule has 0 radical (unpaired) electrons. The van der Waals surface area contributed by atoms with Crippen LogP contribution in [0.3, 0.4) is 0 Å². The Kier molecular flexibility index (Phi) is 5.62. The molecule has 1 aromatic heterocycles. The lowest BCUT2D eigenvalue weighted by molar-refractivity contribution is 0.0709. The Hall–Kier alpha value is -2.74. The predicted molar refractivity (Wildman–Crippen MR) is 114 cm³/mol. The molecule has 0 spiro atoms. The third-order valence-electron chi connectivity index (χ3n) is 5.73. The number of carbonyl (C=O) groups excluding carboxylic acids is 1. The summed E-state index contributed by atoms with van der Waals surface area (Å²) in [6, 6.07) is 15.2. The van der Waals surface area contributed by atoms with Gasteiger partial charge in [-0.25, -0.2) is 0 Å². The summed E-state index contributed by atoms with van der Waals surface area (Å²) >= 11 is 0. The fraction of sp³-hybridized carbons (Fsp3) is 0.273. The van der Waals surface area contributed by atoms with Crippen LogP contribution in [0.5, 0.6) is 0 Å². The van der Waals surface area contributed by atoms with Gasteiger partial charge in [0.05, 0.1) is 0 Å². The number of nitrogens with zero attached hydrogens (tertiary/aromatic N) is 2. The molecule has 1 aliphatic rings. The highest BCUT2D eigenvalue weighted by Gasteiger charge is 2.26. The van der Waals surface area contributed by atoms with Crippen molar-refractivity contribution in [1.82, 2.24) is 9.88 Å². The second kappa shape index (κ2) is 8.33. The molecule has 29 heavy (non-hydrogen) atoms. The molecule has 2 heterocycles. The predicted octanol–water partition coefficient (Wildman–Crippen LogP) is 1.39. The van der Waals surface area contributed by atoms with Gasteiger partial charge in [0.15, 0.2) is 0 Å². The number of benzene rings is 2. The number of rotatable bonds is 4. The van der Waals surface area contributed by atoms with Gasteiger partial charge in [-0.1, -0.05) is 42.5 Å². The van der Waals surface area contributed by atoms with Gasteiger partial charge < -0.3 is 20.7 Å². The van der Waals surface area contributed by atoms with E-state index in [1.165, 1.54) is 5.56 Å². The molecular formula is C22H24BN3O3. The number of hydrogen-bond donors (Lipinski definition) is 3. The zero-order chi connectivity index (χ0) is 20.4. The lowest BCUT2D eigenvalue weighted by Gasteiger charge is -2.32. The number of hydrogen-bond acceptors (Lipinski definition) is 5. The van der Waals surface area contributed by atoms with Crippen molar-refractivity contribution in [1.29, 1.82) is 0 Å². The van der Waals surface area contributed by atoms with Crippen molar-refractivity contribution in [3.05, 3.63) is 71.5 Å². The fourth-order valence-corrected chi connectivity index (χ4v) is 4.07. The summed E-state index contributed by atoms with van der Waals surface area (Å²) in [4.78, 5) is 19.3. The van der Waals surface area contributed by atoms with Crippen molar-refractivity contribution in [2.45, 2.75) is 25.3 Å². The zero-order valence-corrected chi connectivity index (χ0v) is 16.2. The molecule has 148 valence electrons. The largest absolute Gasteiger partial charge is 0.488 e. The molecule has 0 saturated carbocycles. The van der Waals surface area contributed by atoms with Crippen LogP contribution in [0.4, 0.5) is 0 Å². The number of pyridine rings is 1. The minimum absolute atomic E-state index is 0.0814. The van der Waals surface area contributed by atoms with Gasteiger partial charge in [0.2, 0.25) is 0 Å². The quantitative estimate of drug-likeness (QED) is 0.586. The van der Waals surface area contributed by atoms with Crippen molar-refractivity contribution >= 4 is 29.3 Å². The van der Waals surface area contributed by atoms with Crippen LogP contribution in [-0.2, 0) is 6.54 Å². The Bertz CT molecular complexity index is 1030. The van der Waals surface area contributed by atoms with Crippen molar-refractivity contribution in [2.24, 2.45) is 5.73 Å². The van der Waals surface area contributed by atoms with Gasteiger partial charge in [-0.05, 0) is 46.8 Å². The van der Waals surface area contributed by atoms with Gasteiger partial charge in [0, 0.05) is 31.2 Å². The third kappa shape index (κ3) is 4.03. The fourth-order valence-electron chi connectivity index (χ4n) is 4.07. The molecule has 2 aromatic carbocycles. The summed E-state index contributed by atoms with van der Waals surface area (Å²) < 4.78 is 0. The first kappa shape index (κ1) is 19.6. The summed E-state index contributed by atoms with van der Waals surface area (Å²) in [5.41, 5.74) is 8.98. The molecule has 7 heteroatoms. The summed E-state index contributed by atoms with van der Waals surface area (Å²) in [6.07, 6.45) is 3.41. The maximum atomic E-state index is 13.1. The first-order valence-electron chi connectivity index (χ1n) is 9.90. The van der Waals surface area contributed by atoms with Crippen molar-refractivity contribution in [2.75, 3.05) is 13.1 Å². The SMILES string of the molecule is NCc1cccc(C2CCN(C(=O)c3nccc4cc(B(O)O)ccc34)CC2)c1. The number of piperidine rings is 1. The normalized spacial score (nSPS) is 14.9. The van der Waals surface area contributed by atoms with Gasteiger partial charge >= 0.3 is 7.12 Å². The number of amides is 1. The minimum Gasteiger partial charge on any atom is -0.423 e. The average molecular weight is 389 g/mol. The van der Waals surface area contributed by atoms with Crippen LogP contribution in [0.15, 0.2) is 54.7 Å². The van der Waals surface area contributed by atoms with Crippen LogP contribution in [0.1, 0.15) is 40.4 Å². The molecule has 4 rings (SSSR count). The van der Waals surface area contributed by atoms with E-state index in [1.807, 2.05) is 17.0 Å². The molecule has 0 bridgehead atoms. The van der Waals surface area contributed by atoms with Crippen LogP contribution in [0, 0.1) is 0 Å². The van der Waals surface area contributed by atoms with Crippen LogP contribution in [0.25, 0.3) is 10.8 Å². The maximum absolute atomic E-state index is 13.1. The van der Waals surface area contributed by atoms with Crippen molar-refractivity contribution in [3.8, 4) is 0 Å². The van der Waals surface area contributed by atoms with Crippen LogP contribution in [0.2, 0.25) is 0 Å². The van der Waals surface area contributed by atoms with Crippen LogP contribution in [-0.4, -0.2) is 46.0 Å². The molecule has 1 amide bonds. The monoisotopic (exact) mass is 389 g/mol. The van der Waals surface area contributed by atoms with E-state index in [4.69, 9.17) is 5.73 Å². The molecule has 1 aliphatic heterocycles. The van der Waals surface area contributed by atoms with Gasteiger partial charge in [-0.3, -0.25) is 9.78 Å². The Balaban J connectivity index is 1.51. The summed E-state index contributed by atoms with van der Waals surface area (Å²) in [5.74, 6) is 0.349. The van der Waals surface area contributed by atoms with E-state index in [0.717, 1.165) is 29.2 Å². The number of carbonyl (C=O) groups is 1. The third-order valence-corrected chi connectivity index (χ3v) is 5.73. The minimum atomic E-state index is -1.54. The first-order valence-corrected chi connectivity index (χ1v) is 9.90. The van der Waals surface area contributed by atoms with Crippen LogP contribution >= 0.6 is 0 Å². The Morgan fingerprint density at radius 1 is 1.14 bits per heavy atom. The van der Waals surface area contributed by atoms with E-state index in [0.29, 0.717) is 36.7 Å². The number of likely N-dealkylation sites (tertiary alicyclic amines) is 1. The zero-order valence-electron chi connectivity index (χ0n) is 16.2. The van der Waals surface area contributed by atoms with Crippen molar-refractivity contribution in [3.63, 3.8) is 0 Å². The van der Waals surface area contributed by atoms with Gasteiger partial charge in [-0.2, -0.15) is 0 Å². The molecule has 0 atom stereocenters. The molecule has 6 nitrogen and oxygen atoms in total. The lowest BCUT2D eigenvalue weighted by atomic mass is 9.79. The second-order valence-electron chi connectivity index (χ2n) is 7.53. The van der Waals surface area contributed by atoms with E-state index < -0.39 is 7.12 Å². The van der Waals surface area contributed by atoms with E-state index in [-0.39, 0.29) is 5.91 Å². The number of aromatic nitrogens is 1. The standard InChI is InChI=1S/C22H24BN3O3/c24-14-15-2-1-3-17(12-15)16-7-10-26(11-8-16)22(27)21-20-5-4-19(23(28)29)13-18(20)6-9-25-21/h1-6,9,12-13,16,28-29H,7-8,10-11,14,24H2. The van der Waals surface area contributed by atoms with Gasteiger partial charge in [0.25, 0.3) is 5.91 Å². The molecule has 3 aromatic rings. The molecule has 4 N–H and O–H groups in total. The number of fused-ring (bicyclic) bond motifs is 1. The second-order valence-corrected chi connectivity index (χ2v) is 7.53. The smallest absolute Gasteiger partial charge is 0.423 e. The van der Waals surface area contributed by atoms with Gasteiger partial charge in [0.1, 0.15) is 5.69 Å². The highest BCUT2D eigenvalue weighted by atomic mass is 16.4. The molecule has 0 unspecified atom stereocenters.